The number of aryl methyl sites for hydroxylation is 1. The summed E-state index contributed by atoms with van der Waals surface area (Å²) >= 11 is 5.82. The Balaban J connectivity index is 2.19. The number of carbonyl (C=O) groups excluding carboxylic acids is 2. The molecule has 0 saturated carbocycles. The summed E-state index contributed by atoms with van der Waals surface area (Å²) < 4.78 is 1.40. The van der Waals surface area contributed by atoms with Crippen LogP contribution in [0.3, 0.4) is 0 Å². The third-order valence-corrected chi connectivity index (χ3v) is 3.04. The molecular weight excluding hydrogens is 296 g/mol. The van der Waals surface area contributed by atoms with Gasteiger partial charge in [-0.05, 0) is 6.42 Å². The lowest BCUT2D eigenvalue weighted by Gasteiger charge is -2.07. The molecule has 0 atom stereocenters. The molecule has 3 N–H and O–H groups in total. The fourth-order valence-corrected chi connectivity index (χ4v) is 1.91. The van der Waals surface area contributed by atoms with Crippen molar-refractivity contribution >= 4 is 29.1 Å². The second kappa shape index (κ2) is 6.40. The van der Waals surface area contributed by atoms with Crippen molar-refractivity contribution in [3.05, 3.63) is 28.8 Å². The van der Waals surface area contributed by atoms with Gasteiger partial charge < -0.3 is 10.6 Å². The Morgan fingerprint density at radius 3 is 2.76 bits per heavy atom. The molecule has 9 heteroatoms. The maximum atomic E-state index is 12.1. The lowest BCUT2D eigenvalue weighted by Crippen LogP contribution is -2.27. The highest BCUT2D eigenvalue weighted by Crippen LogP contribution is 2.17. The van der Waals surface area contributed by atoms with Crippen molar-refractivity contribution in [3.8, 4) is 0 Å². The van der Waals surface area contributed by atoms with Crippen molar-refractivity contribution in [3.63, 3.8) is 0 Å². The van der Waals surface area contributed by atoms with Gasteiger partial charge in [-0.2, -0.15) is 10.2 Å². The van der Waals surface area contributed by atoms with Crippen LogP contribution >= 0.6 is 11.6 Å². The van der Waals surface area contributed by atoms with E-state index < -0.39 is 5.91 Å². The minimum Gasteiger partial charge on any atom is -0.351 e. The van der Waals surface area contributed by atoms with Gasteiger partial charge in [-0.1, -0.05) is 18.5 Å². The number of halogens is 1. The molecule has 2 rings (SSSR count). The van der Waals surface area contributed by atoms with E-state index in [0.29, 0.717) is 12.2 Å². The molecule has 2 amide bonds. The molecule has 2 aromatic rings. The highest BCUT2D eigenvalue weighted by molar-refractivity contribution is 6.34. The number of aromatic nitrogens is 4. The lowest BCUT2D eigenvalue weighted by atomic mass is 10.3. The number of nitrogens with zero attached hydrogens (tertiary/aromatic N) is 3. The average molecular weight is 311 g/mol. The molecule has 112 valence electrons. The first kappa shape index (κ1) is 15.0. The maximum absolute atomic E-state index is 12.1. The number of hydrogen-bond acceptors (Lipinski definition) is 4. The highest BCUT2D eigenvalue weighted by atomic mass is 35.5. The van der Waals surface area contributed by atoms with Crippen LogP contribution in [-0.4, -0.2) is 38.3 Å². The summed E-state index contributed by atoms with van der Waals surface area (Å²) in [5, 5.41) is 15.7. The SMILES string of the molecule is CCCNC(=O)c1c(NC(=O)c2[nH]ncc2Cl)cnn1C. The Morgan fingerprint density at radius 2 is 2.14 bits per heavy atom. The van der Waals surface area contributed by atoms with E-state index in [9.17, 15) is 9.59 Å². The van der Waals surface area contributed by atoms with E-state index in [1.807, 2.05) is 6.92 Å². The van der Waals surface area contributed by atoms with E-state index in [1.165, 1.54) is 17.1 Å². The highest BCUT2D eigenvalue weighted by Gasteiger charge is 2.20. The van der Waals surface area contributed by atoms with Gasteiger partial charge in [-0.25, -0.2) is 0 Å². The van der Waals surface area contributed by atoms with Crippen molar-refractivity contribution in [1.29, 1.82) is 0 Å². The topological polar surface area (TPSA) is 105 Å². The monoisotopic (exact) mass is 310 g/mol. The Bertz CT molecular complexity index is 663. The number of amides is 2. The summed E-state index contributed by atoms with van der Waals surface area (Å²) in [5.74, 6) is -0.794. The molecule has 21 heavy (non-hydrogen) atoms. The number of rotatable bonds is 5. The van der Waals surface area contributed by atoms with E-state index in [2.05, 4.69) is 25.9 Å². The van der Waals surface area contributed by atoms with E-state index >= 15 is 0 Å². The van der Waals surface area contributed by atoms with Crippen LogP contribution in [0.1, 0.15) is 34.3 Å². The quantitative estimate of drug-likeness (QED) is 0.771. The molecule has 0 unspecified atom stereocenters. The van der Waals surface area contributed by atoms with Crippen LogP contribution in [0.4, 0.5) is 5.69 Å². The van der Waals surface area contributed by atoms with Crippen LogP contribution in [0.2, 0.25) is 5.02 Å². The molecule has 2 aromatic heterocycles. The van der Waals surface area contributed by atoms with Crippen LogP contribution in [0.15, 0.2) is 12.4 Å². The van der Waals surface area contributed by atoms with Crippen molar-refractivity contribution in [2.45, 2.75) is 13.3 Å². The molecule has 0 fully saturated rings. The summed E-state index contributed by atoms with van der Waals surface area (Å²) in [7, 11) is 1.62. The summed E-state index contributed by atoms with van der Waals surface area (Å²) in [4.78, 5) is 24.1. The second-order valence-corrected chi connectivity index (χ2v) is 4.74. The van der Waals surface area contributed by atoms with Gasteiger partial charge in [0, 0.05) is 13.6 Å². The zero-order chi connectivity index (χ0) is 15.4. The number of anilines is 1. The first-order valence-electron chi connectivity index (χ1n) is 6.35. The zero-order valence-electron chi connectivity index (χ0n) is 11.6. The van der Waals surface area contributed by atoms with Gasteiger partial charge in [0.05, 0.1) is 23.1 Å². The first-order chi connectivity index (χ1) is 10.0. The van der Waals surface area contributed by atoms with E-state index in [1.54, 1.807) is 7.05 Å². The van der Waals surface area contributed by atoms with Crippen molar-refractivity contribution in [1.82, 2.24) is 25.3 Å². The number of nitrogens with one attached hydrogen (secondary N) is 3. The molecule has 2 heterocycles. The molecule has 0 radical (unpaired) electrons. The van der Waals surface area contributed by atoms with Crippen LogP contribution in [0.25, 0.3) is 0 Å². The molecule has 0 aliphatic carbocycles. The van der Waals surface area contributed by atoms with Gasteiger partial charge in [-0.15, -0.1) is 0 Å². The number of H-pyrrole nitrogens is 1. The largest absolute Gasteiger partial charge is 0.351 e. The predicted octanol–water partition coefficient (Wildman–Crippen LogP) is 1.19. The van der Waals surface area contributed by atoms with Gasteiger partial charge in [0.2, 0.25) is 0 Å². The van der Waals surface area contributed by atoms with E-state index in [4.69, 9.17) is 11.6 Å². The van der Waals surface area contributed by atoms with E-state index in [0.717, 1.165) is 6.42 Å². The summed E-state index contributed by atoms with van der Waals surface area (Å²) in [6, 6.07) is 0. The molecule has 8 nitrogen and oxygen atoms in total. The number of aromatic amines is 1. The summed E-state index contributed by atoms with van der Waals surface area (Å²) in [5.41, 5.74) is 0.703. The van der Waals surface area contributed by atoms with Crippen molar-refractivity contribution in [2.75, 3.05) is 11.9 Å². The molecule has 0 bridgehead atoms. The predicted molar refractivity (Wildman–Crippen MR) is 77.4 cm³/mol. The molecule has 0 spiro atoms. The average Bonchev–Trinajstić information content (AvgIpc) is 3.02. The minimum absolute atomic E-state index is 0.125. The first-order valence-corrected chi connectivity index (χ1v) is 6.72. The van der Waals surface area contributed by atoms with Crippen molar-refractivity contribution < 1.29 is 9.59 Å². The van der Waals surface area contributed by atoms with Crippen LogP contribution in [0, 0.1) is 0 Å². The Labute approximate surface area is 125 Å². The van der Waals surface area contributed by atoms with Crippen LogP contribution in [0.5, 0.6) is 0 Å². The normalized spacial score (nSPS) is 10.4. The van der Waals surface area contributed by atoms with Gasteiger partial charge >= 0.3 is 0 Å². The molecule has 0 saturated heterocycles. The van der Waals surface area contributed by atoms with Gasteiger partial charge in [0.15, 0.2) is 0 Å². The third-order valence-electron chi connectivity index (χ3n) is 2.76. The van der Waals surface area contributed by atoms with Gasteiger partial charge in [0.1, 0.15) is 11.4 Å². The lowest BCUT2D eigenvalue weighted by molar-refractivity contribution is 0.0945. The third kappa shape index (κ3) is 3.22. The summed E-state index contributed by atoms with van der Waals surface area (Å²) in [6.07, 6.45) is 3.55. The Morgan fingerprint density at radius 1 is 1.38 bits per heavy atom. The Kier molecular flexibility index (Phi) is 4.59. The molecular formula is C12H15ClN6O2. The van der Waals surface area contributed by atoms with Crippen LogP contribution in [-0.2, 0) is 7.05 Å². The molecule has 0 aliphatic rings. The number of hydrogen-bond donors (Lipinski definition) is 3. The van der Waals surface area contributed by atoms with Crippen LogP contribution < -0.4 is 10.6 Å². The van der Waals surface area contributed by atoms with E-state index in [-0.39, 0.29) is 22.3 Å². The molecule has 0 aromatic carbocycles. The molecule has 0 aliphatic heterocycles. The smallest absolute Gasteiger partial charge is 0.275 e. The zero-order valence-corrected chi connectivity index (χ0v) is 12.4. The summed E-state index contributed by atoms with van der Waals surface area (Å²) in [6.45, 7) is 2.50. The van der Waals surface area contributed by atoms with Gasteiger partial charge in [0.25, 0.3) is 11.8 Å². The number of carbonyl (C=O) groups is 2. The maximum Gasteiger partial charge on any atom is 0.275 e. The fraction of sp³-hybridized carbons (Fsp3) is 0.333. The standard InChI is InChI=1S/C12H15ClN6O2/c1-3-4-14-12(21)10-8(6-16-19(10)2)17-11(20)9-7(13)5-15-18-9/h5-6H,3-4H2,1-2H3,(H,14,21)(H,15,18)(H,17,20). The second-order valence-electron chi connectivity index (χ2n) is 4.33. The minimum atomic E-state index is -0.491. The Hall–Kier alpha value is -2.35. The fourth-order valence-electron chi connectivity index (χ4n) is 1.74. The van der Waals surface area contributed by atoms with Gasteiger partial charge in [-0.3, -0.25) is 19.4 Å². The van der Waals surface area contributed by atoms with Crippen molar-refractivity contribution in [2.24, 2.45) is 7.05 Å².